The highest BCUT2D eigenvalue weighted by molar-refractivity contribution is 5.98. The number of Topliss-reactive ketones (excluding diaryl/α,β-unsaturated/α-hetero) is 1. The van der Waals surface area contributed by atoms with Crippen LogP contribution in [0, 0.1) is 0 Å². The number of piperidine rings is 2. The molecule has 3 heterocycles. The van der Waals surface area contributed by atoms with Crippen LogP contribution in [-0.2, 0) is 43.4 Å². The van der Waals surface area contributed by atoms with E-state index in [1.807, 2.05) is 84.9 Å². The van der Waals surface area contributed by atoms with Gasteiger partial charge in [-0.1, -0.05) is 72.8 Å². The molecular weight excluding hydrogens is 805 g/mol. The summed E-state index contributed by atoms with van der Waals surface area (Å²) in [5, 5.41) is 6.33. The third-order valence-electron chi connectivity index (χ3n) is 10.9. The van der Waals surface area contributed by atoms with Crippen molar-refractivity contribution in [3.8, 4) is 0 Å². The molecule has 2 aliphatic rings. The van der Waals surface area contributed by atoms with E-state index in [4.69, 9.17) is 24.7 Å². The summed E-state index contributed by atoms with van der Waals surface area (Å²) in [5.41, 5.74) is 11.5. The van der Waals surface area contributed by atoms with Gasteiger partial charge in [0.25, 0.3) is 11.8 Å². The van der Waals surface area contributed by atoms with E-state index in [-0.39, 0.29) is 42.7 Å². The van der Waals surface area contributed by atoms with Crippen molar-refractivity contribution < 1.29 is 42.9 Å². The number of carbonyl (C=O) groups excluding carboxylic acids is 5. The van der Waals surface area contributed by atoms with Crippen molar-refractivity contribution in [1.82, 2.24) is 25.0 Å². The number of ketones is 1. The maximum absolute atomic E-state index is 12.4. The first-order chi connectivity index (χ1) is 30.5. The van der Waals surface area contributed by atoms with E-state index < -0.39 is 0 Å². The first kappa shape index (κ1) is 47.3. The molecule has 2 fully saturated rings. The average molecular weight is 863 g/mol. The third-order valence-corrected chi connectivity index (χ3v) is 10.9. The van der Waals surface area contributed by atoms with Gasteiger partial charge in [-0.05, 0) is 65.3 Å². The number of hydrogen-bond donors (Lipinski definition) is 3. The van der Waals surface area contributed by atoms with Gasteiger partial charge in [-0.15, -0.1) is 0 Å². The molecule has 5 aromatic rings. The Bertz CT molecular complexity index is 2260. The van der Waals surface area contributed by atoms with E-state index in [1.54, 1.807) is 50.2 Å². The van der Waals surface area contributed by atoms with Crippen LogP contribution in [-0.4, -0.2) is 105 Å². The predicted molar refractivity (Wildman–Crippen MR) is 240 cm³/mol. The standard InChI is InChI=1S/C23H25N3O3.C13H15NO3.C12H18N2O3/c1-24-22(27)19-8-7-18-9-14-26(21(18)15-19)20-10-12-25(13-11-20)23(28)29-16-17-5-3-2-4-6-17;15-12-6-8-14(9-7-12)13(16)17-10-11-4-2-1-3-5-11;1-14-12(15)9-5-4-8(10(13)6-9)7-11(16-2)17-3/h2-9,14-15,20H,10-13,16H2,1H3,(H,24,27);1-5H,6-10H2;4-6,11H,7,13H2,1-3H3,(H,14,15). The van der Waals surface area contributed by atoms with Crippen LogP contribution >= 0.6 is 0 Å². The number of nitrogen functional groups attached to an aromatic ring is 1. The molecule has 0 atom stereocenters. The second-order valence-corrected chi connectivity index (χ2v) is 15.0. The number of methoxy groups -OCH3 is 2. The number of nitrogens with two attached hydrogens (primary N) is 1. The smallest absolute Gasteiger partial charge is 0.410 e. The van der Waals surface area contributed by atoms with Crippen LogP contribution in [0.2, 0.25) is 0 Å². The van der Waals surface area contributed by atoms with Gasteiger partial charge in [0.1, 0.15) is 19.0 Å². The molecule has 0 unspecified atom stereocenters. The molecule has 0 radical (unpaired) electrons. The Hall–Kier alpha value is -6.71. The fraction of sp³-hybridized carbons (Fsp3) is 0.354. The molecule has 0 saturated carbocycles. The summed E-state index contributed by atoms with van der Waals surface area (Å²) in [5.74, 6) is -0.0222. The highest BCUT2D eigenvalue weighted by atomic mass is 16.7. The van der Waals surface area contributed by atoms with Crippen molar-refractivity contribution in [1.29, 1.82) is 0 Å². The zero-order valence-electron chi connectivity index (χ0n) is 36.4. The van der Waals surface area contributed by atoms with Crippen LogP contribution in [0.15, 0.2) is 109 Å². The number of benzene rings is 4. The molecule has 4 amide bonds. The van der Waals surface area contributed by atoms with Gasteiger partial charge in [0.05, 0.1) is 0 Å². The van der Waals surface area contributed by atoms with Crippen LogP contribution in [0.4, 0.5) is 15.3 Å². The molecule has 15 nitrogen and oxygen atoms in total. The van der Waals surface area contributed by atoms with E-state index >= 15 is 0 Å². The SMILES string of the molecule is CNC(=O)c1ccc(CC(OC)OC)c(N)c1.CNC(=O)c1ccc2ccn(C3CCN(C(=O)OCc4ccccc4)CC3)c2c1.O=C1CCN(C(=O)OCc2ccccc2)CC1. The molecular formula is C48H58N6O9. The number of anilines is 1. The monoisotopic (exact) mass is 862 g/mol. The molecule has 2 aliphatic heterocycles. The average Bonchev–Trinajstić information content (AvgIpc) is 3.76. The summed E-state index contributed by atoms with van der Waals surface area (Å²) >= 11 is 0. The molecule has 1 aromatic heterocycles. The number of hydrogen-bond acceptors (Lipinski definition) is 10. The molecule has 15 heteroatoms. The van der Waals surface area contributed by atoms with Gasteiger partial charge in [0, 0.05) is 108 Å². The number of carbonyl (C=O) groups is 5. The lowest BCUT2D eigenvalue weighted by Gasteiger charge is -2.32. The summed E-state index contributed by atoms with van der Waals surface area (Å²) < 4.78 is 23.1. The number of likely N-dealkylation sites (tertiary alicyclic amines) is 2. The predicted octanol–water partition coefficient (Wildman–Crippen LogP) is 6.75. The summed E-state index contributed by atoms with van der Waals surface area (Å²) in [6, 6.07) is 32.6. The topological polar surface area (TPSA) is 184 Å². The molecule has 7 rings (SSSR count). The first-order valence-corrected chi connectivity index (χ1v) is 20.9. The minimum absolute atomic E-state index is 0.0874. The van der Waals surface area contributed by atoms with Gasteiger partial charge >= 0.3 is 12.2 Å². The molecule has 334 valence electrons. The minimum atomic E-state index is -0.332. The van der Waals surface area contributed by atoms with Crippen LogP contribution in [0.5, 0.6) is 0 Å². The number of amides is 4. The maximum Gasteiger partial charge on any atom is 0.410 e. The number of aromatic nitrogens is 1. The Morgan fingerprint density at radius 3 is 1.70 bits per heavy atom. The first-order valence-electron chi connectivity index (χ1n) is 20.9. The number of nitrogens with zero attached hydrogens (tertiary/aromatic N) is 3. The van der Waals surface area contributed by atoms with Crippen molar-refractivity contribution in [2.75, 3.05) is 60.2 Å². The van der Waals surface area contributed by atoms with E-state index in [0.29, 0.717) is 74.9 Å². The van der Waals surface area contributed by atoms with Crippen LogP contribution < -0.4 is 16.4 Å². The van der Waals surface area contributed by atoms with E-state index in [1.165, 1.54) is 0 Å². The lowest BCUT2D eigenvalue weighted by atomic mass is 10.0. The van der Waals surface area contributed by atoms with E-state index in [0.717, 1.165) is 40.4 Å². The minimum Gasteiger partial charge on any atom is -0.445 e. The molecule has 4 N–H and O–H groups in total. The highest BCUT2D eigenvalue weighted by Crippen LogP contribution is 2.29. The zero-order valence-corrected chi connectivity index (χ0v) is 36.4. The summed E-state index contributed by atoms with van der Waals surface area (Å²) in [7, 11) is 6.36. The Kier molecular flexibility index (Phi) is 18.1. The van der Waals surface area contributed by atoms with Crippen LogP contribution in [0.3, 0.4) is 0 Å². The summed E-state index contributed by atoms with van der Waals surface area (Å²) in [6.45, 7) is 2.85. The van der Waals surface area contributed by atoms with Crippen molar-refractivity contribution in [3.63, 3.8) is 0 Å². The molecule has 0 spiro atoms. The van der Waals surface area contributed by atoms with Gasteiger partial charge in [-0.25, -0.2) is 9.59 Å². The highest BCUT2D eigenvalue weighted by Gasteiger charge is 2.26. The molecule has 4 aromatic carbocycles. The largest absolute Gasteiger partial charge is 0.445 e. The number of nitrogens with one attached hydrogen (secondary N) is 2. The zero-order chi connectivity index (χ0) is 45.1. The molecule has 0 aliphatic carbocycles. The van der Waals surface area contributed by atoms with E-state index in [9.17, 15) is 24.0 Å². The Morgan fingerprint density at radius 2 is 1.19 bits per heavy atom. The van der Waals surface area contributed by atoms with Crippen molar-refractivity contribution in [2.45, 2.75) is 57.6 Å². The van der Waals surface area contributed by atoms with Crippen molar-refractivity contribution >= 4 is 46.4 Å². The van der Waals surface area contributed by atoms with Gasteiger partial charge in [-0.2, -0.15) is 0 Å². The van der Waals surface area contributed by atoms with Crippen LogP contribution in [0.25, 0.3) is 10.9 Å². The lowest BCUT2D eigenvalue weighted by molar-refractivity contribution is -0.121. The summed E-state index contributed by atoms with van der Waals surface area (Å²) in [6.07, 6.45) is 4.30. The molecule has 2 saturated heterocycles. The number of rotatable bonds is 11. The summed E-state index contributed by atoms with van der Waals surface area (Å²) in [4.78, 5) is 61.8. The van der Waals surface area contributed by atoms with Crippen molar-refractivity contribution in [3.05, 3.63) is 137 Å². The van der Waals surface area contributed by atoms with Crippen molar-refractivity contribution in [2.24, 2.45) is 0 Å². The number of ether oxygens (including phenoxy) is 4. The second-order valence-electron chi connectivity index (χ2n) is 15.0. The Labute approximate surface area is 368 Å². The second kappa shape index (κ2) is 24.1. The molecule has 63 heavy (non-hydrogen) atoms. The van der Waals surface area contributed by atoms with Gasteiger partial charge in [0.2, 0.25) is 0 Å². The quantitative estimate of drug-likeness (QED) is 0.0949. The van der Waals surface area contributed by atoms with E-state index in [2.05, 4.69) is 27.5 Å². The number of fused-ring (bicyclic) bond motifs is 1. The normalized spacial score (nSPS) is 13.9. The molecule has 0 bridgehead atoms. The lowest BCUT2D eigenvalue weighted by Crippen LogP contribution is -2.39. The fourth-order valence-electron chi connectivity index (χ4n) is 7.15. The third kappa shape index (κ3) is 13.9. The Morgan fingerprint density at radius 1 is 0.683 bits per heavy atom. The van der Waals surface area contributed by atoms with Gasteiger partial charge in [-0.3, -0.25) is 14.4 Å². The Balaban J connectivity index is 0.000000190. The van der Waals surface area contributed by atoms with Gasteiger partial charge < -0.3 is 49.7 Å². The van der Waals surface area contributed by atoms with Crippen LogP contribution in [0.1, 0.15) is 69.1 Å². The fourth-order valence-corrected chi connectivity index (χ4v) is 7.15. The maximum atomic E-state index is 12.4. The van der Waals surface area contributed by atoms with Gasteiger partial charge in [0.15, 0.2) is 6.29 Å².